The van der Waals surface area contributed by atoms with Crippen LogP contribution in [0.2, 0.25) is 0 Å². The standard InChI is InChI=1S/C9H15F2N3O2.2ClH/c1-5(12)14-4-3-6(10)7(11)9(2,13)8(15)16;;/h3-4,13H2,1-2H3,(H2,12,14)(H,15,16);2*1H/b7-6-;;/t9-;;/m1../s1. The Morgan fingerprint density at radius 1 is 1.39 bits per heavy atom. The van der Waals surface area contributed by atoms with Gasteiger partial charge in [-0.3, -0.25) is 4.99 Å². The summed E-state index contributed by atoms with van der Waals surface area (Å²) in [6.45, 7) is 2.32. The predicted molar refractivity (Wildman–Crippen MR) is 70.7 cm³/mol. The van der Waals surface area contributed by atoms with Crippen molar-refractivity contribution < 1.29 is 18.7 Å². The molecule has 0 fully saturated rings. The van der Waals surface area contributed by atoms with Gasteiger partial charge in [-0.25, -0.2) is 13.6 Å². The van der Waals surface area contributed by atoms with Crippen LogP contribution in [0.25, 0.3) is 0 Å². The molecule has 0 aromatic heterocycles. The van der Waals surface area contributed by atoms with Gasteiger partial charge in [0.1, 0.15) is 5.83 Å². The quantitative estimate of drug-likeness (QED) is 0.529. The van der Waals surface area contributed by atoms with Crippen molar-refractivity contribution in [2.45, 2.75) is 25.8 Å². The monoisotopic (exact) mass is 307 g/mol. The Hall–Kier alpha value is -0.920. The number of aliphatic carboxylic acids is 1. The molecule has 0 aromatic rings. The van der Waals surface area contributed by atoms with Crippen molar-refractivity contribution in [3.05, 3.63) is 11.7 Å². The number of rotatable bonds is 5. The fourth-order valence-electron chi connectivity index (χ4n) is 0.816. The van der Waals surface area contributed by atoms with E-state index in [1.807, 2.05) is 0 Å². The van der Waals surface area contributed by atoms with E-state index in [2.05, 4.69) is 4.99 Å². The molecule has 5 N–H and O–H groups in total. The summed E-state index contributed by atoms with van der Waals surface area (Å²) < 4.78 is 26.4. The highest BCUT2D eigenvalue weighted by Gasteiger charge is 2.36. The number of halogens is 4. The van der Waals surface area contributed by atoms with Crippen LogP contribution in [0.5, 0.6) is 0 Å². The molecule has 5 nitrogen and oxygen atoms in total. The van der Waals surface area contributed by atoms with Gasteiger partial charge in [-0.15, -0.1) is 24.8 Å². The van der Waals surface area contributed by atoms with Gasteiger partial charge in [0, 0.05) is 13.0 Å². The van der Waals surface area contributed by atoms with E-state index >= 15 is 0 Å². The Bertz CT molecular complexity index is 343. The third-order valence-corrected chi connectivity index (χ3v) is 1.83. The second-order valence-corrected chi connectivity index (χ2v) is 3.50. The maximum Gasteiger partial charge on any atom is 0.330 e. The van der Waals surface area contributed by atoms with Crippen LogP contribution < -0.4 is 11.5 Å². The van der Waals surface area contributed by atoms with E-state index in [4.69, 9.17) is 16.6 Å². The van der Waals surface area contributed by atoms with Crippen molar-refractivity contribution in [2.24, 2.45) is 16.5 Å². The number of amidine groups is 1. The largest absolute Gasteiger partial charge is 0.480 e. The van der Waals surface area contributed by atoms with Crippen LogP contribution in [0.4, 0.5) is 8.78 Å². The lowest BCUT2D eigenvalue weighted by Gasteiger charge is -2.17. The lowest BCUT2D eigenvalue weighted by Crippen LogP contribution is -2.46. The lowest BCUT2D eigenvalue weighted by molar-refractivity contribution is -0.141. The number of carbonyl (C=O) groups is 1. The molecule has 0 saturated heterocycles. The summed E-state index contributed by atoms with van der Waals surface area (Å²) in [6.07, 6.45) is -0.375. The third-order valence-electron chi connectivity index (χ3n) is 1.83. The highest BCUT2D eigenvalue weighted by molar-refractivity contribution is 5.85. The maximum atomic E-state index is 13.3. The molecule has 0 aliphatic carbocycles. The van der Waals surface area contributed by atoms with Crippen LogP contribution in [0.15, 0.2) is 16.6 Å². The van der Waals surface area contributed by atoms with Crippen molar-refractivity contribution in [2.75, 3.05) is 6.54 Å². The van der Waals surface area contributed by atoms with E-state index < -0.39 is 23.2 Å². The molecule has 0 amide bonds. The van der Waals surface area contributed by atoms with Crippen molar-refractivity contribution in [3.63, 3.8) is 0 Å². The summed E-state index contributed by atoms with van der Waals surface area (Å²) in [7, 11) is 0. The molecule has 0 saturated carbocycles. The normalized spacial score (nSPS) is 15.7. The van der Waals surface area contributed by atoms with Gasteiger partial charge in [-0.2, -0.15) is 0 Å². The van der Waals surface area contributed by atoms with E-state index in [-0.39, 0.29) is 43.6 Å². The first-order valence-corrected chi connectivity index (χ1v) is 4.53. The van der Waals surface area contributed by atoms with Crippen molar-refractivity contribution in [1.29, 1.82) is 0 Å². The number of nitrogens with two attached hydrogens (primary N) is 2. The fourth-order valence-corrected chi connectivity index (χ4v) is 0.816. The maximum absolute atomic E-state index is 13.3. The van der Waals surface area contributed by atoms with Crippen LogP contribution >= 0.6 is 24.8 Å². The molecule has 18 heavy (non-hydrogen) atoms. The molecule has 1 atom stereocenters. The van der Waals surface area contributed by atoms with Gasteiger partial charge >= 0.3 is 5.97 Å². The van der Waals surface area contributed by atoms with Crippen LogP contribution in [0, 0.1) is 0 Å². The van der Waals surface area contributed by atoms with Gasteiger partial charge in [0.15, 0.2) is 11.4 Å². The van der Waals surface area contributed by atoms with Crippen LogP contribution in [-0.4, -0.2) is 29.0 Å². The van der Waals surface area contributed by atoms with E-state index in [1.165, 1.54) is 6.92 Å². The summed E-state index contributed by atoms with van der Waals surface area (Å²) in [4.78, 5) is 14.2. The third kappa shape index (κ3) is 6.73. The molecule has 0 radical (unpaired) electrons. The molecular formula is C9H17Cl2F2N3O2. The van der Waals surface area contributed by atoms with Crippen molar-refractivity contribution >= 4 is 36.6 Å². The fraction of sp³-hybridized carbons (Fsp3) is 0.556. The highest BCUT2D eigenvalue weighted by Crippen LogP contribution is 2.22. The molecular weight excluding hydrogens is 291 g/mol. The highest BCUT2D eigenvalue weighted by atomic mass is 35.5. The Morgan fingerprint density at radius 3 is 2.17 bits per heavy atom. The molecule has 9 heteroatoms. The Kier molecular flexibility index (Phi) is 11.2. The number of carboxylic acids is 1. The van der Waals surface area contributed by atoms with Crippen LogP contribution in [0.1, 0.15) is 20.3 Å². The second-order valence-electron chi connectivity index (χ2n) is 3.50. The minimum Gasteiger partial charge on any atom is -0.480 e. The first-order valence-electron chi connectivity index (χ1n) is 4.53. The lowest BCUT2D eigenvalue weighted by atomic mass is 10.0. The second kappa shape index (κ2) is 9.07. The first-order chi connectivity index (χ1) is 7.19. The molecule has 0 heterocycles. The first kappa shape index (κ1) is 22.3. The van der Waals surface area contributed by atoms with E-state index in [1.54, 1.807) is 0 Å². The smallest absolute Gasteiger partial charge is 0.330 e. The van der Waals surface area contributed by atoms with Crippen LogP contribution in [0.3, 0.4) is 0 Å². The minimum atomic E-state index is -2.36. The summed E-state index contributed by atoms with van der Waals surface area (Å²) in [6, 6.07) is 0. The van der Waals surface area contributed by atoms with E-state index in [9.17, 15) is 13.6 Å². The van der Waals surface area contributed by atoms with E-state index in [0.29, 0.717) is 0 Å². The number of hydrogen-bond acceptors (Lipinski definition) is 3. The summed E-state index contributed by atoms with van der Waals surface area (Å²) in [5.41, 5.74) is 7.93. The number of aliphatic imine (C=N–C) groups is 1. The summed E-state index contributed by atoms with van der Waals surface area (Å²) in [5.74, 6) is -4.12. The molecule has 0 rings (SSSR count). The molecule has 0 unspecified atom stereocenters. The minimum absolute atomic E-state index is 0. The van der Waals surface area contributed by atoms with Crippen LogP contribution in [-0.2, 0) is 4.79 Å². The topological polar surface area (TPSA) is 102 Å². The summed E-state index contributed by atoms with van der Waals surface area (Å²) >= 11 is 0. The van der Waals surface area contributed by atoms with E-state index in [0.717, 1.165) is 6.92 Å². The molecule has 108 valence electrons. The Balaban J connectivity index is -0.00000112. The Morgan fingerprint density at radius 2 is 1.83 bits per heavy atom. The SMILES string of the molecule is CC(N)=NCC/C(F)=C(/F)[C@@](C)(N)C(=O)O.Cl.Cl. The van der Waals surface area contributed by atoms with Gasteiger partial charge in [0.25, 0.3) is 0 Å². The van der Waals surface area contributed by atoms with Gasteiger partial charge < -0.3 is 16.6 Å². The van der Waals surface area contributed by atoms with Gasteiger partial charge in [0.05, 0.1) is 5.84 Å². The van der Waals surface area contributed by atoms with Crippen molar-refractivity contribution in [3.8, 4) is 0 Å². The zero-order valence-electron chi connectivity index (χ0n) is 9.94. The molecule has 0 aliphatic heterocycles. The summed E-state index contributed by atoms with van der Waals surface area (Å²) in [5, 5.41) is 8.56. The molecule has 0 aliphatic rings. The average Bonchev–Trinajstić information content (AvgIpc) is 2.15. The van der Waals surface area contributed by atoms with Crippen molar-refractivity contribution in [1.82, 2.24) is 0 Å². The number of nitrogens with zero attached hydrogens (tertiary/aromatic N) is 1. The van der Waals surface area contributed by atoms with Gasteiger partial charge in [0.2, 0.25) is 0 Å². The molecule has 0 aromatic carbocycles. The zero-order chi connectivity index (χ0) is 12.9. The molecule has 0 spiro atoms. The Labute approximate surface area is 116 Å². The number of carboxylic acid groups (broad SMARTS) is 1. The molecule has 0 bridgehead atoms. The number of hydrogen-bond donors (Lipinski definition) is 3. The zero-order valence-corrected chi connectivity index (χ0v) is 11.6. The average molecular weight is 308 g/mol. The van der Waals surface area contributed by atoms with Gasteiger partial charge in [-0.05, 0) is 13.8 Å². The predicted octanol–water partition coefficient (Wildman–Crippen LogP) is 1.55. The van der Waals surface area contributed by atoms with Gasteiger partial charge in [-0.1, -0.05) is 0 Å².